The Kier molecular flexibility index (Phi) is 6.15. The number of Topliss-reactive ketones (excluding diaryl/α,β-unsaturated/α-hetero) is 1. The third-order valence-corrected chi connectivity index (χ3v) is 5.92. The van der Waals surface area contributed by atoms with Gasteiger partial charge in [0.05, 0.1) is 4.92 Å². The van der Waals surface area contributed by atoms with Crippen molar-refractivity contribution in [2.24, 2.45) is 0 Å². The highest BCUT2D eigenvalue weighted by Crippen LogP contribution is 2.37. The van der Waals surface area contributed by atoms with Crippen LogP contribution in [0, 0.1) is 10.1 Å². The standard InChI is InChI=1S/C24H23N5O6/c1-16(30)18-3-2-4-19(12-18)35-24-22(29(31)32)23(25-14-26-24)28-9-7-27(8-10-28)13-17-5-6-20-21(11-17)34-15-33-20/h2-6,11-12,14H,7-10,13,15H2,1H3. The molecule has 3 aromatic rings. The number of hydrogen-bond donors (Lipinski definition) is 0. The normalized spacial score (nSPS) is 15.2. The first-order chi connectivity index (χ1) is 17.0. The number of ketones is 1. The number of nitrogens with zero attached hydrogens (tertiary/aromatic N) is 5. The van der Waals surface area contributed by atoms with Crippen LogP contribution in [-0.4, -0.2) is 58.5 Å². The van der Waals surface area contributed by atoms with Gasteiger partial charge in [0.2, 0.25) is 12.6 Å². The lowest BCUT2D eigenvalue weighted by atomic mass is 10.1. The van der Waals surface area contributed by atoms with Crippen LogP contribution in [0.1, 0.15) is 22.8 Å². The second-order valence-electron chi connectivity index (χ2n) is 8.25. The zero-order valence-corrected chi connectivity index (χ0v) is 19.0. The second kappa shape index (κ2) is 9.55. The number of fused-ring (bicyclic) bond motifs is 1. The van der Waals surface area contributed by atoms with Crippen molar-refractivity contribution in [3.63, 3.8) is 0 Å². The summed E-state index contributed by atoms with van der Waals surface area (Å²) < 4.78 is 16.5. The molecule has 0 spiro atoms. The summed E-state index contributed by atoms with van der Waals surface area (Å²) in [5, 5.41) is 12.0. The maximum Gasteiger partial charge on any atom is 0.373 e. The van der Waals surface area contributed by atoms with Gasteiger partial charge >= 0.3 is 11.6 Å². The second-order valence-corrected chi connectivity index (χ2v) is 8.25. The minimum absolute atomic E-state index is 0.132. The molecule has 0 bridgehead atoms. The fourth-order valence-corrected chi connectivity index (χ4v) is 4.13. The van der Waals surface area contributed by atoms with Gasteiger partial charge in [-0.25, -0.2) is 4.98 Å². The van der Waals surface area contributed by atoms with Crippen molar-refractivity contribution in [3.05, 3.63) is 70.0 Å². The minimum atomic E-state index is -0.529. The van der Waals surface area contributed by atoms with Gasteiger partial charge in [-0.15, -0.1) is 0 Å². The third kappa shape index (κ3) is 4.85. The first kappa shape index (κ1) is 22.5. The lowest BCUT2D eigenvalue weighted by Gasteiger charge is -2.35. The van der Waals surface area contributed by atoms with Crippen LogP contribution in [0.4, 0.5) is 11.5 Å². The molecule has 2 aliphatic heterocycles. The molecule has 1 saturated heterocycles. The number of carbonyl (C=O) groups is 1. The summed E-state index contributed by atoms with van der Waals surface area (Å²) in [6.45, 7) is 4.93. The third-order valence-electron chi connectivity index (χ3n) is 5.92. The van der Waals surface area contributed by atoms with Crippen LogP contribution in [0.15, 0.2) is 48.8 Å². The Morgan fingerprint density at radius 3 is 2.66 bits per heavy atom. The molecule has 0 radical (unpaired) electrons. The number of nitro groups is 1. The summed E-state index contributed by atoms with van der Waals surface area (Å²) in [5.41, 5.74) is 1.25. The van der Waals surface area contributed by atoms with E-state index in [0.717, 1.165) is 23.6 Å². The molecule has 0 atom stereocenters. The van der Waals surface area contributed by atoms with Crippen molar-refractivity contribution in [1.82, 2.24) is 14.9 Å². The molecule has 11 nitrogen and oxygen atoms in total. The first-order valence-corrected chi connectivity index (χ1v) is 11.1. The van der Waals surface area contributed by atoms with Gasteiger partial charge in [0, 0.05) is 38.3 Å². The maximum absolute atomic E-state index is 12.0. The van der Waals surface area contributed by atoms with Crippen molar-refractivity contribution in [2.75, 3.05) is 37.9 Å². The first-order valence-electron chi connectivity index (χ1n) is 11.1. The summed E-state index contributed by atoms with van der Waals surface area (Å²) in [4.78, 5) is 35.5. The van der Waals surface area contributed by atoms with Crippen LogP contribution in [0.5, 0.6) is 23.1 Å². The maximum atomic E-state index is 12.0. The molecule has 180 valence electrons. The predicted molar refractivity (Wildman–Crippen MR) is 125 cm³/mol. The number of aromatic nitrogens is 2. The van der Waals surface area contributed by atoms with Crippen LogP contribution in [0.25, 0.3) is 0 Å². The van der Waals surface area contributed by atoms with E-state index in [0.29, 0.717) is 37.5 Å². The molecule has 1 fully saturated rings. The summed E-state index contributed by atoms with van der Waals surface area (Å²) in [7, 11) is 0. The van der Waals surface area contributed by atoms with Crippen LogP contribution in [0.3, 0.4) is 0 Å². The molecule has 5 rings (SSSR count). The smallest absolute Gasteiger partial charge is 0.373 e. The van der Waals surface area contributed by atoms with Gasteiger partial charge in [-0.2, -0.15) is 4.98 Å². The minimum Gasteiger partial charge on any atom is -0.454 e. The number of benzene rings is 2. The molecule has 0 amide bonds. The van der Waals surface area contributed by atoms with Crippen LogP contribution >= 0.6 is 0 Å². The molecule has 2 aromatic carbocycles. The van der Waals surface area contributed by atoms with E-state index in [1.165, 1.54) is 19.3 Å². The molecule has 3 heterocycles. The van der Waals surface area contributed by atoms with Gasteiger partial charge in [0.15, 0.2) is 17.3 Å². The van der Waals surface area contributed by atoms with E-state index in [1.807, 2.05) is 23.1 Å². The van der Waals surface area contributed by atoms with Crippen molar-refractivity contribution < 1.29 is 23.9 Å². The van der Waals surface area contributed by atoms with E-state index in [4.69, 9.17) is 14.2 Å². The van der Waals surface area contributed by atoms with Gasteiger partial charge in [-0.3, -0.25) is 19.8 Å². The lowest BCUT2D eigenvalue weighted by molar-refractivity contribution is -0.385. The van der Waals surface area contributed by atoms with E-state index in [-0.39, 0.29) is 30.0 Å². The van der Waals surface area contributed by atoms with E-state index in [2.05, 4.69) is 14.9 Å². The van der Waals surface area contributed by atoms with Gasteiger partial charge in [0.1, 0.15) is 12.1 Å². The van der Waals surface area contributed by atoms with Crippen molar-refractivity contribution >= 4 is 17.3 Å². The average Bonchev–Trinajstić information content (AvgIpc) is 3.32. The van der Waals surface area contributed by atoms with Gasteiger partial charge < -0.3 is 19.1 Å². The van der Waals surface area contributed by atoms with Crippen LogP contribution < -0.4 is 19.1 Å². The Morgan fingerprint density at radius 1 is 1.09 bits per heavy atom. The van der Waals surface area contributed by atoms with Crippen molar-refractivity contribution in [2.45, 2.75) is 13.5 Å². The SMILES string of the molecule is CC(=O)c1cccc(Oc2ncnc(N3CCN(Cc4ccc5c(c4)OCO5)CC3)c2[N+](=O)[O-])c1. The molecule has 35 heavy (non-hydrogen) atoms. The van der Waals surface area contributed by atoms with Gasteiger partial charge in [-0.05, 0) is 36.8 Å². The number of carbonyl (C=O) groups excluding carboxylic acids is 1. The van der Waals surface area contributed by atoms with Gasteiger partial charge in [0.25, 0.3) is 0 Å². The average molecular weight is 477 g/mol. The number of hydrogen-bond acceptors (Lipinski definition) is 10. The Morgan fingerprint density at radius 2 is 1.89 bits per heavy atom. The summed E-state index contributed by atoms with van der Waals surface area (Å²) in [6.07, 6.45) is 1.26. The van der Waals surface area contributed by atoms with Crippen molar-refractivity contribution in [1.29, 1.82) is 0 Å². The Balaban J connectivity index is 1.30. The summed E-state index contributed by atoms with van der Waals surface area (Å²) in [5.74, 6) is 1.71. The number of rotatable bonds is 7. The van der Waals surface area contributed by atoms with Gasteiger partial charge in [-0.1, -0.05) is 18.2 Å². The van der Waals surface area contributed by atoms with Crippen LogP contribution in [-0.2, 0) is 6.54 Å². The molecular weight excluding hydrogens is 454 g/mol. The number of ether oxygens (including phenoxy) is 3. The fourth-order valence-electron chi connectivity index (χ4n) is 4.13. The zero-order valence-electron chi connectivity index (χ0n) is 19.0. The highest BCUT2D eigenvalue weighted by molar-refractivity contribution is 5.94. The molecule has 0 N–H and O–H groups in total. The summed E-state index contributed by atoms with van der Waals surface area (Å²) in [6, 6.07) is 12.4. The lowest BCUT2D eigenvalue weighted by Crippen LogP contribution is -2.46. The van der Waals surface area contributed by atoms with E-state index < -0.39 is 4.92 Å². The largest absolute Gasteiger partial charge is 0.454 e. The number of anilines is 1. The molecule has 1 aromatic heterocycles. The molecule has 2 aliphatic rings. The van der Waals surface area contributed by atoms with Crippen molar-refractivity contribution in [3.8, 4) is 23.1 Å². The highest BCUT2D eigenvalue weighted by atomic mass is 16.7. The zero-order chi connectivity index (χ0) is 24.4. The quantitative estimate of drug-likeness (QED) is 0.284. The molecule has 0 unspecified atom stereocenters. The fraction of sp³-hybridized carbons (Fsp3) is 0.292. The van der Waals surface area contributed by atoms with E-state index in [9.17, 15) is 14.9 Å². The Hall–Kier alpha value is -4.25. The van der Waals surface area contributed by atoms with Crippen LogP contribution in [0.2, 0.25) is 0 Å². The van der Waals surface area contributed by atoms with E-state index in [1.54, 1.807) is 18.2 Å². The topological polar surface area (TPSA) is 120 Å². The molecular formula is C24H23N5O6. The molecule has 11 heteroatoms. The summed E-state index contributed by atoms with van der Waals surface area (Å²) >= 11 is 0. The Labute approximate surface area is 201 Å². The predicted octanol–water partition coefficient (Wildman–Crippen LogP) is 3.43. The molecule has 0 saturated carbocycles. The van der Waals surface area contributed by atoms with E-state index >= 15 is 0 Å². The molecule has 0 aliphatic carbocycles. The number of piperazine rings is 1. The highest BCUT2D eigenvalue weighted by Gasteiger charge is 2.31. The monoisotopic (exact) mass is 477 g/mol. The Bertz CT molecular complexity index is 1280.